The van der Waals surface area contributed by atoms with Gasteiger partial charge in [-0.3, -0.25) is 0 Å². The van der Waals surface area contributed by atoms with Crippen LogP contribution in [0, 0.1) is 0 Å². The standard InChI is InChI=1S/C46H62O6/c1-5-9-13-17-21-47-39-26-37(27-40(32-39)48-22-18-14-10-6-2)43-30-35-25-36-31-44(52-46(36)34-45(35)51-43)38-28-41(49-23-19-15-11-7-3)33-42(29-38)50-24-20-16-12-8-4/h25-34H,5-24H2,1-4H3. The molecule has 6 nitrogen and oxygen atoms in total. The summed E-state index contributed by atoms with van der Waals surface area (Å²) in [6.45, 7) is 11.7. The van der Waals surface area contributed by atoms with Crippen molar-refractivity contribution in [2.75, 3.05) is 26.4 Å². The summed E-state index contributed by atoms with van der Waals surface area (Å²) >= 11 is 0. The molecule has 6 heteroatoms. The first-order valence-electron chi connectivity index (χ1n) is 20.4. The van der Waals surface area contributed by atoms with Crippen LogP contribution in [0.1, 0.15) is 130 Å². The van der Waals surface area contributed by atoms with Gasteiger partial charge in [-0.2, -0.15) is 0 Å². The molecule has 5 aromatic rings. The molecule has 0 aliphatic heterocycles. The number of hydrogen-bond acceptors (Lipinski definition) is 6. The highest BCUT2D eigenvalue weighted by Crippen LogP contribution is 2.38. The molecule has 0 amide bonds. The molecule has 0 unspecified atom stereocenters. The topological polar surface area (TPSA) is 63.2 Å². The van der Waals surface area contributed by atoms with Gasteiger partial charge in [0, 0.05) is 40.1 Å². The van der Waals surface area contributed by atoms with E-state index < -0.39 is 0 Å². The summed E-state index contributed by atoms with van der Waals surface area (Å²) in [5.74, 6) is 4.81. The molecular formula is C46H62O6. The molecule has 2 heterocycles. The van der Waals surface area contributed by atoms with E-state index in [4.69, 9.17) is 27.8 Å². The van der Waals surface area contributed by atoms with E-state index in [1.165, 1.54) is 77.0 Å². The summed E-state index contributed by atoms with van der Waals surface area (Å²) in [5.41, 5.74) is 3.43. The van der Waals surface area contributed by atoms with Crippen LogP contribution in [-0.4, -0.2) is 26.4 Å². The maximum atomic E-state index is 6.47. The van der Waals surface area contributed by atoms with Crippen molar-refractivity contribution in [3.05, 3.63) is 60.7 Å². The summed E-state index contributed by atoms with van der Waals surface area (Å²) in [5, 5.41) is 2.03. The van der Waals surface area contributed by atoms with Gasteiger partial charge in [-0.25, -0.2) is 0 Å². The zero-order valence-electron chi connectivity index (χ0n) is 32.4. The van der Waals surface area contributed by atoms with Crippen molar-refractivity contribution in [2.45, 2.75) is 130 Å². The molecule has 0 spiro atoms. The summed E-state index contributed by atoms with van der Waals surface area (Å²) in [4.78, 5) is 0. The fraction of sp³-hybridized carbons (Fsp3) is 0.522. The monoisotopic (exact) mass is 710 g/mol. The highest BCUT2D eigenvalue weighted by atomic mass is 16.5. The first-order chi connectivity index (χ1) is 25.6. The van der Waals surface area contributed by atoms with E-state index >= 15 is 0 Å². The Hall–Kier alpha value is -4.06. The third kappa shape index (κ3) is 12.0. The lowest BCUT2D eigenvalue weighted by Gasteiger charge is -2.12. The first kappa shape index (κ1) is 39.2. The van der Waals surface area contributed by atoms with Gasteiger partial charge in [0.25, 0.3) is 0 Å². The maximum absolute atomic E-state index is 6.47. The molecule has 0 radical (unpaired) electrons. The van der Waals surface area contributed by atoms with E-state index in [1.807, 2.05) is 18.2 Å². The predicted molar refractivity (Wildman–Crippen MR) is 215 cm³/mol. The Morgan fingerprint density at radius 1 is 0.346 bits per heavy atom. The SMILES string of the molecule is CCCCCCOc1cc(OCCCCCC)cc(-c2cc3cc4cc(-c5cc(OCCCCCC)cc(OCCCCCC)c5)oc4cc3o2)c1. The van der Waals surface area contributed by atoms with Gasteiger partial charge in [0.05, 0.1) is 26.4 Å². The van der Waals surface area contributed by atoms with Crippen LogP contribution in [0.3, 0.4) is 0 Å². The van der Waals surface area contributed by atoms with Crippen LogP contribution < -0.4 is 18.9 Å². The fourth-order valence-corrected chi connectivity index (χ4v) is 6.50. The number of hydrogen-bond donors (Lipinski definition) is 0. The highest BCUT2D eigenvalue weighted by Gasteiger charge is 2.15. The molecular weight excluding hydrogens is 649 g/mol. The second-order valence-electron chi connectivity index (χ2n) is 14.2. The molecule has 0 aliphatic rings. The maximum Gasteiger partial charge on any atom is 0.138 e. The largest absolute Gasteiger partial charge is 0.493 e. The molecule has 52 heavy (non-hydrogen) atoms. The van der Waals surface area contributed by atoms with Gasteiger partial charge >= 0.3 is 0 Å². The Labute approximate surface area is 312 Å². The molecule has 0 saturated heterocycles. The molecule has 0 aliphatic carbocycles. The normalized spacial score (nSPS) is 11.5. The highest BCUT2D eigenvalue weighted by molar-refractivity contribution is 5.97. The van der Waals surface area contributed by atoms with E-state index in [1.54, 1.807) is 0 Å². The zero-order chi connectivity index (χ0) is 36.4. The van der Waals surface area contributed by atoms with Gasteiger partial charge in [0.2, 0.25) is 0 Å². The minimum absolute atomic E-state index is 0.693. The molecule has 282 valence electrons. The van der Waals surface area contributed by atoms with Gasteiger partial charge < -0.3 is 27.8 Å². The number of benzene rings is 3. The van der Waals surface area contributed by atoms with Crippen LogP contribution in [-0.2, 0) is 0 Å². The van der Waals surface area contributed by atoms with Crippen molar-refractivity contribution in [2.24, 2.45) is 0 Å². The van der Waals surface area contributed by atoms with E-state index in [-0.39, 0.29) is 0 Å². The van der Waals surface area contributed by atoms with Crippen LogP contribution in [0.25, 0.3) is 44.6 Å². The Morgan fingerprint density at radius 2 is 0.673 bits per heavy atom. The molecule has 3 aromatic carbocycles. The van der Waals surface area contributed by atoms with Crippen molar-refractivity contribution < 1.29 is 27.8 Å². The summed E-state index contributed by atoms with van der Waals surface area (Å²) in [7, 11) is 0. The molecule has 0 atom stereocenters. The third-order valence-electron chi connectivity index (χ3n) is 9.55. The van der Waals surface area contributed by atoms with E-state index in [9.17, 15) is 0 Å². The number of rotatable bonds is 26. The van der Waals surface area contributed by atoms with E-state index in [0.717, 1.165) is 93.3 Å². The average molecular weight is 711 g/mol. The average Bonchev–Trinajstić information content (AvgIpc) is 3.77. The number of unbranched alkanes of at least 4 members (excludes halogenated alkanes) is 12. The molecule has 0 bridgehead atoms. The minimum Gasteiger partial charge on any atom is -0.493 e. The van der Waals surface area contributed by atoms with Gasteiger partial charge in [0.15, 0.2) is 0 Å². The Balaban J connectivity index is 1.36. The van der Waals surface area contributed by atoms with E-state index in [2.05, 4.69) is 70.2 Å². The second-order valence-corrected chi connectivity index (χ2v) is 14.2. The lowest BCUT2D eigenvalue weighted by atomic mass is 10.1. The van der Waals surface area contributed by atoms with Crippen molar-refractivity contribution in [3.63, 3.8) is 0 Å². The van der Waals surface area contributed by atoms with E-state index in [0.29, 0.717) is 26.4 Å². The van der Waals surface area contributed by atoms with Crippen LogP contribution >= 0.6 is 0 Å². The summed E-state index contributed by atoms with van der Waals surface area (Å²) in [6.07, 6.45) is 18.6. The Morgan fingerprint density at radius 3 is 0.981 bits per heavy atom. The third-order valence-corrected chi connectivity index (χ3v) is 9.55. The molecule has 0 fully saturated rings. The lowest BCUT2D eigenvalue weighted by Crippen LogP contribution is -2.00. The van der Waals surface area contributed by atoms with Crippen LogP contribution in [0.2, 0.25) is 0 Å². The Kier molecular flexibility index (Phi) is 16.2. The van der Waals surface area contributed by atoms with Crippen LogP contribution in [0.4, 0.5) is 0 Å². The quantitative estimate of drug-likeness (QED) is 0.0532. The van der Waals surface area contributed by atoms with Crippen molar-refractivity contribution >= 4 is 21.9 Å². The molecule has 2 aromatic heterocycles. The zero-order valence-corrected chi connectivity index (χ0v) is 32.4. The number of ether oxygens (including phenoxy) is 4. The van der Waals surface area contributed by atoms with Crippen molar-refractivity contribution in [1.82, 2.24) is 0 Å². The van der Waals surface area contributed by atoms with Gasteiger partial charge in [0.1, 0.15) is 45.7 Å². The van der Waals surface area contributed by atoms with Gasteiger partial charge in [-0.15, -0.1) is 0 Å². The van der Waals surface area contributed by atoms with Crippen molar-refractivity contribution in [1.29, 1.82) is 0 Å². The first-order valence-corrected chi connectivity index (χ1v) is 20.4. The molecule has 5 rings (SSSR count). The summed E-state index contributed by atoms with van der Waals surface area (Å²) < 4.78 is 37.8. The Bertz CT molecular complexity index is 1520. The second kappa shape index (κ2) is 21.5. The summed E-state index contributed by atoms with van der Waals surface area (Å²) in [6, 6.07) is 20.6. The predicted octanol–water partition coefficient (Wildman–Crippen LogP) is 14.3. The van der Waals surface area contributed by atoms with Gasteiger partial charge in [-0.1, -0.05) is 105 Å². The fourth-order valence-electron chi connectivity index (χ4n) is 6.50. The lowest BCUT2D eigenvalue weighted by molar-refractivity contribution is 0.290. The van der Waals surface area contributed by atoms with Crippen LogP contribution in [0.15, 0.2) is 69.5 Å². The number of fused-ring (bicyclic) bond motifs is 2. The smallest absolute Gasteiger partial charge is 0.138 e. The van der Waals surface area contributed by atoms with Crippen molar-refractivity contribution in [3.8, 4) is 45.6 Å². The van der Waals surface area contributed by atoms with Gasteiger partial charge in [-0.05, 0) is 68.1 Å². The van der Waals surface area contributed by atoms with Crippen LogP contribution in [0.5, 0.6) is 23.0 Å². The molecule has 0 N–H and O–H groups in total. The number of furan rings is 2. The molecule has 0 saturated carbocycles. The minimum atomic E-state index is 0.693.